The van der Waals surface area contributed by atoms with E-state index in [9.17, 15) is 19.5 Å². The zero-order valence-electron chi connectivity index (χ0n) is 9.31. The van der Waals surface area contributed by atoms with Crippen molar-refractivity contribution in [2.24, 2.45) is 0 Å². The number of para-hydroxylation sites is 1. The monoisotopic (exact) mass is 271 g/mol. The van der Waals surface area contributed by atoms with Gasteiger partial charge in [-0.3, -0.25) is 19.5 Å². The lowest BCUT2D eigenvalue weighted by Crippen LogP contribution is -1.99. The van der Waals surface area contributed by atoms with Gasteiger partial charge in [0.2, 0.25) is 0 Å². The van der Waals surface area contributed by atoms with E-state index in [-0.39, 0.29) is 11.3 Å². The number of carbonyl (C=O) groups excluding carboxylic acids is 1. The molecule has 0 fully saturated rings. The lowest BCUT2D eigenvalue weighted by Gasteiger charge is -2.06. The predicted octanol–water partition coefficient (Wildman–Crippen LogP) is 1.70. The van der Waals surface area contributed by atoms with Gasteiger partial charge in [0.25, 0.3) is 5.69 Å². The van der Waals surface area contributed by atoms with Crippen molar-refractivity contribution in [2.45, 2.75) is 6.92 Å². The highest BCUT2D eigenvalue weighted by molar-refractivity contribution is 7.58. The molecule has 0 saturated heterocycles. The number of carbonyl (C=O) groups is 1. The normalized spacial score (nSPS) is 12.3. The minimum absolute atomic E-state index is 0.0315. The number of benzene rings is 1. The predicted molar refractivity (Wildman–Crippen MR) is 63.8 cm³/mol. The van der Waals surface area contributed by atoms with Gasteiger partial charge in [0.15, 0.2) is 5.78 Å². The summed E-state index contributed by atoms with van der Waals surface area (Å²) in [6.45, 7) is 0.986. The summed E-state index contributed by atoms with van der Waals surface area (Å²) in [5, 5.41) is 9.97. The summed E-state index contributed by atoms with van der Waals surface area (Å²) in [6, 6.07) is 5.37. The van der Waals surface area contributed by atoms with Crippen LogP contribution in [0.15, 0.2) is 29.6 Å². The average Bonchev–Trinajstić information content (AvgIpc) is 2.24. The van der Waals surface area contributed by atoms with E-state index in [4.69, 9.17) is 9.79 Å². The van der Waals surface area contributed by atoms with Crippen LogP contribution in [-0.2, 0) is 9.36 Å². The smallest absolute Gasteiger partial charge is 0.321 e. The second kappa shape index (κ2) is 5.22. The van der Waals surface area contributed by atoms with E-state index in [0.717, 1.165) is 13.0 Å². The summed E-state index contributed by atoms with van der Waals surface area (Å²) in [5.41, 5.74) is -0.360. The molecule has 18 heavy (non-hydrogen) atoms. The molecule has 8 heteroatoms. The van der Waals surface area contributed by atoms with Gasteiger partial charge in [-0.05, 0) is 19.1 Å². The third-order valence-corrected chi connectivity index (χ3v) is 3.17. The van der Waals surface area contributed by atoms with Crippen LogP contribution in [0.3, 0.4) is 0 Å². The molecule has 0 bridgehead atoms. The van der Waals surface area contributed by atoms with Crippen LogP contribution in [0.5, 0.6) is 0 Å². The molecule has 0 atom stereocenters. The number of nitro groups is 1. The highest BCUT2D eigenvalue weighted by atomic mass is 31.2. The van der Waals surface area contributed by atoms with Crippen LogP contribution in [0.25, 0.3) is 6.08 Å². The van der Waals surface area contributed by atoms with Gasteiger partial charge < -0.3 is 9.79 Å². The fourth-order valence-corrected chi connectivity index (χ4v) is 2.03. The molecule has 0 aromatic heterocycles. The van der Waals surface area contributed by atoms with Crippen molar-refractivity contribution in [2.75, 3.05) is 0 Å². The molecule has 7 nitrogen and oxygen atoms in total. The topological polar surface area (TPSA) is 118 Å². The molecule has 0 unspecified atom stereocenters. The number of ketones is 1. The standard InChI is InChI=1S/C10H10NO6P/c1-7(12)10(18(15,16)17)6-8-4-2-3-5-9(8)11(13)14/h2-6H,1H3,(H2,15,16,17)/b10-6+. The van der Waals surface area contributed by atoms with E-state index in [1.165, 1.54) is 24.3 Å². The van der Waals surface area contributed by atoms with E-state index in [1.807, 2.05) is 0 Å². The summed E-state index contributed by atoms with van der Waals surface area (Å²) in [6.07, 6.45) is 0.848. The number of nitrogens with zero attached hydrogens (tertiary/aromatic N) is 1. The lowest BCUT2D eigenvalue weighted by molar-refractivity contribution is -0.385. The molecule has 0 radical (unpaired) electrons. The van der Waals surface area contributed by atoms with Crippen molar-refractivity contribution >= 4 is 25.1 Å². The molecule has 1 rings (SSSR count). The molecule has 96 valence electrons. The maximum absolute atomic E-state index is 11.1. The Morgan fingerprint density at radius 1 is 1.39 bits per heavy atom. The first-order valence-corrected chi connectivity index (χ1v) is 6.37. The highest BCUT2D eigenvalue weighted by Crippen LogP contribution is 2.46. The molecule has 0 aliphatic rings. The quantitative estimate of drug-likeness (QED) is 0.372. The Morgan fingerprint density at radius 2 is 1.94 bits per heavy atom. The number of rotatable bonds is 4. The Morgan fingerprint density at radius 3 is 2.39 bits per heavy atom. The van der Waals surface area contributed by atoms with Gasteiger partial charge in [-0.25, -0.2) is 0 Å². The summed E-state index contributed by atoms with van der Waals surface area (Å²) in [5.74, 6) is -0.832. The van der Waals surface area contributed by atoms with Crippen molar-refractivity contribution in [1.29, 1.82) is 0 Å². The van der Waals surface area contributed by atoms with Crippen LogP contribution in [0.1, 0.15) is 12.5 Å². The number of nitro benzene ring substituents is 1. The number of hydrogen-bond donors (Lipinski definition) is 2. The third-order valence-electron chi connectivity index (χ3n) is 2.10. The molecule has 0 amide bonds. The van der Waals surface area contributed by atoms with Crippen LogP contribution in [0, 0.1) is 10.1 Å². The Balaban J connectivity index is 3.43. The maximum atomic E-state index is 11.1. The zero-order valence-corrected chi connectivity index (χ0v) is 10.2. The number of hydrogen-bond acceptors (Lipinski definition) is 4. The van der Waals surface area contributed by atoms with Crippen molar-refractivity contribution < 1.29 is 24.1 Å². The third kappa shape index (κ3) is 3.33. The summed E-state index contributed by atoms with van der Waals surface area (Å²) >= 11 is 0. The number of Topliss-reactive ketones (excluding diaryl/α,β-unsaturated/α-hetero) is 1. The molecule has 2 N–H and O–H groups in total. The average molecular weight is 271 g/mol. The second-order valence-electron chi connectivity index (χ2n) is 3.45. The summed E-state index contributed by atoms with van der Waals surface area (Å²) in [7, 11) is -4.76. The summed E-state index contributed by atoms with van der Waals surface area (Å²) in [4.78, 5) is 39.2. The van der Waals surface area contributed by atoms with Crippen molar-refractivity contribution in [1.82, 2.24) is 0 Å². The molecule has 0 spiro atoms. The fourth-order valence-electron chi connectivity index (χ4n) is 1.31. The fraction of sp³-hybridized carbons (Fsp3) is 0.100. The minimum atomic E-state index is -4.76. The van der Waals surface area contributed by atoms with Crippen LogP contribution >= 0.6 is 7.60 Å². The van der Waals surface area contributed by atoms with Gasteiger partial charge in [-0.1, -0.05) is 12.1 Å². The Hall–Kier alpha value is -1.82. The van der Waals surface area contributed by atoms with Crippen molar-refractivity contribution in [3.05, 3.63) is 45.3 Å². The van der Waals surface area contributed by atoms with Gasteiger partial charge in [0.1, 0.15) is 5.31 Å². The maximum Gasteiger partial charge on any atom is 0.359 e. The molecule has 1 aromatic rings. The van der Waals surface area contributed by atoms with E-state index in [2.05, 4.69) is 0 Å². The first-order chi connectivity index (χ1) is 8.23. The van der Waals surface area contributed by atoms with Crippen molar-refractivity contribution in [3.8, 4) is 0 Å². The molecular formula is C10H10NO6P. The Bertz CT molecular complexity index is 573. The zero-order chi connectivity index (χ0) is 13.9. The number of allylic oxidation sites excluding steroid dienone is 1. The molecule has 0 heterocycles. The van der Waals surface area contributed by atoms with Gasteiger partial charge in [0, 0.05) is 6.07 Å². The van der Waals surface area contributed by atoms with E-state index < -0.39 is 23.6 Å². The first-order valence-electron chi connectivity index (χ1n) is 4.75. The van der Waals surface area contributed by atoms with E-state index in [0.29, 0.717) is 0 Å². The highest BCUT2D eigenvalue weighted by Gasteiger charge is 2.26. The van der Waals surface area contributed by atoms with Crippen molar-refractivity contribution in [3.63, 3.8) is 0 Å². The van der Waals surface area contributed by atoms with Crippen LogP contribution in [-0.4, -0.2) is 20.5 Å². The largest absolute Gasteiger partial charge is 0.359 e. The van der Waals surface area contributed by atoms with Gasteiger partial charge >= 0.3 is 7.60 Å². The van der Waals surface area contributed by atoms with Gasteiger partial charge in [-0.2, -0.15) is 0 Å². The van der Waals surface area contributed by atoms with Crippen LogP contribution < -0.4 is 0 Å². The molecular weight excluding hydrogens is 261 g/mol. The summed E-state index contributed by atoms with van der Waals surface area (Å²) < 4.78 is 11.1. The van der Waals surface area contributed by atoms with Gasteiger partial charge in [-0.15, -0.1) is 0 Å². The van der Waals surface area contributed by atoms with Crippen LogP contribution in [0.2, 0.25) is 0 Å². The van der Waals surface area contributed by atoms with Gasteiger partial charge in [0.05, 0.1) is 10.5 Å². The second-order valence-corrected chi connectivity index (χ2v) is 5.02. The first kappa shape index (κ1) is 14.2. The lowest BCUT2D eigenvalue weighted by atomic mass is 10.1. The Kier molecular flexibility index (Phi) is 4.13. The molecule has 0 aliphatic carbocycles. The molecule has 1 aromatic carbocycles. The Labute approximate surface area is 102 Å². The molecule has 0 saturated carbocycles. The minimum Gasteiger partial charge on any atom is -0.321 e. The van der Waals surface area contributed by atoms with Crippen LogP contribution in [0.4, 0.5) is 5.69 Å². The SMILES string of the molecule is CC(=O)/C(=C\c1ccccc1[N+](=O)[O-])P(=O)(O)O. The molecule has 0 aliphatic heterocycles. The van der Waals surface area contributed by atoms with E-state index in [1.54, 1.807) is 0 Å². The van der Waals surface area contributed by atoms with E-state index >= 15 is 0 Å².